The molecule has 4 rings (SSSR count). The average molecular weight is 512 g/mol. The van der Waals surface area contributed by atoms with Crippen LogP contribution in [0.15, 0.2) is 77.3 Å². The summed E-state index contributed by atoms with van der Waals surface area (Å²) in [6.45, 7) is 2.16. The molecule has 0 aliphatic rings. The van der Waals surface area contributed by atoms with Crippen molar-refractivity contribution in [3.05, 3.63) is 95.6 Å². The fourth-order valence-electron chi connectivity index (χ4n) is 3.88. The number of carbonyl (C=O) groups is 2. The Hall–Kier alpha value is -4.34. The largest absolute Gasteiger partial charge is 0.493 e. The van der Waals surface area contributed by atoms with E-state index in [4.69, 9.17) is 9.15 Å². The number of carbonyl (C=O) groups excluding carboxylic acids is 1. The van der Waals surface area contributed by atoms with Crippen molar-refractivity contribution in [3.8, 4) is 17.2 Å². The Morgan fingerprint density at radius 3 is 2.41 bits per heavy atom. The standard InChI is InChI=1S/C27H23F3N2O5/c1-17-21(31-25(37-17)19-6-3-2-4-7-19)13-15-36-20-11-9-18(10-12-20)16-23(26(34)35)32-14-5-8-22(32)24(33)27(28,29)30/h2-12,14,23H,13,15-16H2,1H3,(H,34,35). The molecule has 1 N–H and O–H groups in total. The molecule has 0 amide bonds. The molecule has 0 radical (unpaired) electrons. The van der Waals surface area contributed by atoms with Gasteiger partial charge in [-0.25, -0.2) is 9.78 Å². The Kier molecular flexibility index (Phi) is 7.47. The van der Waals surface area contributed by atoms with Crippen molar-refractivity contribution in [1.29, 1.82) is 0 Å². The molecule has 4 aromatic rings. The Morgan fingerprint density at radius 2 is 1.76 bits per heavy atom. The van der Waals surface area contributed by atoms with Gasteiger partial charge in [-0.05, 0) is 48.9 Å². The van der Waals surface area contributed by atoms with Crippen LogP contribution in [0.5, 0.6) is 5.75 Å². The molecule has 10 heteroatoms. The lowest BCUT2D eigenvalue weighted by molar-refractivity contribution is -0.141. The first-order valence-electron chi connectivity index (χ1n) is 11.4. The number of ketones is 1. The van der Waals surface area contributed by atoms with Gasteiger partial charge in [-0.15, -0.1) is 0 Å². The minimum Gasteiger partial charge on any atom is -0.493 e. The number of carboxylic acids is 1. The molecule has 0 bridgehead atoms. The van der Waals surface area contributed by atoms with Crippen LogP contribution in [0.25, 0.3) is 11.5 Å². The number of Topliss-reactive ketones (excluding diaryl/α,β-unsaturated/α-hetero) is 1. The summed E-state index contributed by atoms with van der Waals surface area (Å²) in [6, 6.07) is 16.9. The molecule has 192 valence electrons. The van der Waals surface area contributed by atoms with E-state index in [2.05, 4.69) is 4.98 Å². The van der Waals surface area contributed by atoms with Crippen LogP contribution in [-0.2, 0) is 17.6 Å². The number of benzene rings is 2. The van der Waals surface area contributed by atoms with E-state index in [-0.39, 0.29) is 6.42 Å². The first-order valence-corrected chi connectivity index (χ1v) is 11.4. The summed E-state index contributed by atoms with van der Waals surface area (Å²) in [7, 11) is 0. The van der Waals surface area contributed by atoms with Gasteiger partial charge in [0.25, 0.3) is 5.78 Å². The number of alkyl halides is 3. The predicted molar refractivity (Wildman–Crippen MR) is 128 cm³/mol. The van der Waals surface area contributed by atoms with Crippen LogP contribution in [0.3, 0.4) is 0 Å². The first-order chi connectivity index (χ1) is 17.6. The number of nitrogens with zero attached hydrogens (tertiary/aromatic N) is 2. The summed E-state index contributed by atoms with van der Waals surface area (Å²) in [5, 5.41) is 9.64. The van der Waals surface area contributed by atoms with Crippen LogP contribution in [0.2, 0.25) is 0 Å². The maximum Gasteiger partial charge on any atom is 0.456 e. The summed E-state index contributed by atoms with van der Waals surface area (Å²) in [6.07, 6.45) is -3.56. The number of hydrogen-bond acceptors (Lipinski definition) is 5. The van der Waals surface area contributed by atoms with Crippen molar-refractivity contribution in [2.75, 3.05) is 6.61 Å². The van der Waals surface area contributed by atoms with Crippen molar-refractivity contribution >= 4 is 11.8 Å². The zero-order valence-corrected chi connectivity index (χ0v) is 19.7. The number of hydrogen-bond donors (Lipinski definition) is 1. The van der Waals surface area contributed by atoms with Crippen LogP contribution >= 0.6 is 0 Å². The van der Waals surface area contributed by atoms with E-state index in [1.807, 2.05) is 37.3 Å². The van der Waals surface area contributed by atoms with Crippen molar-refractivity contribution in [2.45, 2.75) is 32.0 Å². The molecule has 0 aliphatic heterocycles. The Labute approximate surface area is 210 Å². The molecule has 7 nitrogen and oxygen atoms in total. The van der Waals surface area contributed by atoms with E-state index in [1.54, 1.807) is 24.3 Å². The van der Waals surface area contributed by atoms with Gasteiger partial charge < -0.3 is 18.8 Å². The SMILES string of the molecule is Cc1oc(-c2ccccc2)nc1CCOc1ccc(CC(C(=O)O)n2cccc2C(=O)C(F)(F)F)cc1. The number of rotatable bonds is 10. The molecule has 2 heterocycles. The highest BCUT2D eigenvalue weighted by molar-refractivity contribution is 5.99. The number of ether oxygens (including phenoxy) is 1. The van der Waals surface area contributed by atoms with E-state index in [0.717, 1.165) is 28.1 Å². The molecule has 37 heavy (non-hydrogen) atoms. The zero-order chi connectivity index (χ0) is 26.6. The lowest BCUT2D eigenvalue weighted by atomic mass is 10.1. The molecular formula is C27H23F3N2O5. The topological polar surface area (TPSA) is 94.6 Å². The Balaban J connectivity index is 1.38. The molecule has 0 saturated heterocycles. The summed E-state index contributed by atoms with van der Waals surface area (Å²) >= 11 is 0. The lowest BCUT2D eigenvalue weighted by Gasteiger charge is -2.18. The third-order valence-electron chi connectivity index (χ3n) is 5.76. The van der Waals surface area contributed by atoms with E-state index in [9.17, 15) is 27.9 Å². The summed E-state index contributed by atoms with van der Waals surface area (Å²) in [5.74, 6) is -1.68. The smallest absolute Gasteiger partial charge is 0.456 e. The fraction of sp³-hybridized carbons (Fsp3) is 0.222. The van der Waals surface area contributed by atoms with Gasteiger partial charge in [0.15, 0.2) is 0 Å². The van der Waals surface area contributed by atoms with Crippen LogP contribution in [0.4, 0.5) is 13.2 Å². The highest BCUT2D eigenvalue weighted by Crippen LogP contribution is 2.26. The second-order valence-corrected chi connectivity index (χ2v) is 8.32. The molecule has 0 saturated carbocycles. The second-order valence-electron chi connectivity index (χ2n) is 8.32. The normalized spacial score (nSPS) is 12.3. The van der Waals surface area contributed by atoms with E-state index < -0.39 is 29.7 Å². The van der Waals surface area contributed by atoms with Gasteiger partial charge in [0.05, 0.1) is 18.0 Å². The number of aryl methyl sites for hydroxylation is 1. The highest BCUT2D eigenvalue weighted by atomic mass is 19.4. The number of aromatic nitrogens is 2. The Bertz CT molecular complexity index is 1380. The van der Waals surface area contributed by atoms with Crippen LogP contribution in [0, 0.1) is 6.92 Å². The van der Waals surface area contributed by atoms with Gasteiger partial charge >= 0.3 is 12.1 Å². The molecular weight excluding hydrogens is 489 g/mol. The summed E-state index contributed by atoms with van der Waals surface area (Å²) in [4.78, 5) is 28.1. The third-order valence-corrected chi connectivity index (χ3v) is 5.76. The fourth-order valence-corrected chi connectivity index (χ4v) is 3.88. The minimum atomic E-state index is -5.11. The minimum absolute atomic E-state index is 0.122. The van der Waals surface area contributed by atoms with Crippen molar-refractivity contribution in [2.24, 2.45) is 0 Å². The monoisotopic (exact) mass is 512 g/mol. The molecule has 0 aliphatic carbocycles. The molecule has 2 aromatic carbocycles. The number of halogens is 3. The van der Waals surface area contributed by atoms with Crippen molar-refractivity contribution < 1.29 is 37.0 Å². The molecule has 0 spiro atoms. The van der Waals surface area contributed by atoms with Crippen molar-refractivity contribution in [3.63, 3.8) is 0 Å². The maximum atomic E-state index is 12.9. The van der Waals surface area contributed by atoms with Crippen LogP contribution in [0.1, 0.15) is 33.5 Å². The van der Waals surface area contributed by atoms with E-state index in [1.165, 1.54) is 6.07 Å². The van der Waals surface area contributed by atoms with Gasteiger partial charge in [-0.1, -0.05) is 30.3 Å². The van der Waals surface area contributed by atoms with Gasteiger partial charge in [0.2, 0.25) is 5.89 Å². The lowest BCUT2D eigenvalue weighted by Crippen LogP contribution is -2.29. The summed E-state index contributed by atoms with van der Waals surface area (Å²) in [5.41, 5.74) is 1.48. The number of carboxylic acid groups (broad SMARTS) is 1. The summed E-state index contributed by atoms with van der Waals surface area (Å²) < 4.78 is 51.1. The first kappa shape index (κ1) is 25.7. The second kappa shape index (κ2) is 10.7. The number of aliphatic carboxylic acids is 1. The average Bonchev–Trinajstić information content (AvgIpc) is 3.49. The molecule has 1 atom stereocenters. The highest BCUT2D eigenvalue weighted by Gasteiger charge is 2.42. The van der Waals surface area contributed by atoms with Gasteiger partial charge in [0, 0.05) is 24.6 Å². The zero-order valence-electron chi connectivity index (χ0n) is 19.7. The van der Waals surface area contributed by atoms with E-state index in [0.29, 0.717) is 36.0 Å². The number of oxazole rings is 1. The van der Waals surface area contributed by atoms with Gasteiger partial charge in [0.1, 0.15) is 17.6 Å². The van der Waals surface area contributed by atoms with Gasteiger partial charge in [-0.2, -0.15) is 13.2 Å². The van der Waals surface area contributed by atoms with Crippen LogP contribution < -0.4 is 4.74 Å². The van der Waals surface area contributed by atoms with E-state index >= 15 is 0 Å². The third kappa shape index (κ3) is 6.08. The molecule has 1 unspecified atom stereocenters. The quantitative estimate of drug-likeness (QED) is 0.275. The maximum absolute atomic E-state index is 12.9. The van der Waals surface area contributed by atoms with Crippen molar-refractivity contribution in [1.82, 2.24) is 9.55 Å². The Morgan fingerprint density at radius 1 is 1.05 bits per heavy atom. The predicted octanol–water partition coefficient (Wildman–Crippen LogP) is 5.69. The van der Waals surface area contributed by atoms with Crippen LogP contribution in [-0.4, -0.2) is 39.2 Å². The molecule has 0 fully saturated rings. The van der Waals surface area contributed by atoms with Gasteiger partial charge in [-0.3, -0.25) is 4.79 Å². The molecule has 2 aromatic heterocycles.